The first-order valence-electron chi connectivity index (χ1n) is 6.04. The Bertz CT molecular complexity index is 514. The maximum atomic E-state index is 7.32. The van der Waals surface area contributed by atoms with Gasteiger partial charge in [0.25, 0.3) is 0 Å². The second-order valence-corrected chi connectivity index (χ2v) is 4.24. The summed E-state index contributed by atoms with van der Waals surface area (Å²) in [6.07, 6.45) is -0.290. The first-order chi connectivity index (χ1) is 8.81. The molecular weight excluding hydrogens is 220 g/mol. The average Bonchev–Trinajstić information content (AvgIpc) is 2.46. The van der Waals surface area contributed by atoms with Crippen LogP contribution >= 0.6 is 0 Å². The molecule has 18 heavy (non-hydrogen) atoms. The summed E-state index contributed by atoms with van der Waals surface area (Å²) in [6, 6.07) is 20.2. The second kappa shape index (κ2) is 6.00. The highest BCUT2D eigenvalue weighted by atomic mass is 15.1. The predicted octanol–water partition coefficient (Wildman–Crippen LogP) is 3.96. The molecule has 2 atom stereocenters. The van der Waals surface area contributed by atoms with Crippen molar-refractivity contribution in [1.82, 2.24) is 5.32 Å². The molecule has 0 aromatic heterocycles. The molecule has 0 aliphatic carbocycles. The standard InChI is InChI=1S/C16H16N2/c1-13(14-9-5-3-6-10-14)18-16(17-2)15-11-7-4-8-12-15/h3-13,16,18H,1H3. The van der Waals surface area contributed by atoms with E-state index in [1.54, 1.807) is 0 Å². The SMILES string of the molecule is [C-]#[N+]C(NC(C)c1ccccc1)c1ccccc1. The van der Waals surface area contributed by atoms with E-state index in [1.165, 1.54) is 5.56 Å². The summed E-state index contributed by atoms with van der Waals surface area (Å²) in [4.78, 5) is 3.66. The van der Waals surface area contributed by atoms with Crippen LogP contribution in [0.2, 0.25) is 0 Å². The highest BCUT2D eigenvalue weighted by Crippen LogP contribution is 2.20. The molecule has 1 N–H and O–H groups in total. The lowest BCUT2D eigenvalue weighted by Gasteiger charge is -2.15. The van der Waals surface area contributed by atoms with Gasteiger partial charge in [0, 0.05) is 6.04 Å². The quantitative estimate of drug-likeness (QED) is 0.795. The molecule has 0 saturated heterocycles. The van der Waals surface area contributed by atoms with Crippen LogP contribution in [0.4, 0.5) is 0 Å². The molecule has 90 valence electrons. The molecule has 2 heteroatoms. The number of nitrogens with one attached hydrogen (secondary N) is 1. The molecule has 0 bridgehead atoms. The Kier molecular flexibility index (Phi) is 4.11. The number of benzene rings is 2. The normalized spacial score (nSPS) is 13.6. The molecule has 2 nitrogen and oxygen atoms in total. The molecule has 0 saturated carbocycles. The van der Waals surface area contributed by atoms with Crippen molar-refractivity contribution in [3.8, 4) is 0 Å². The van der Waals surface area contributed by atoms with E-state index in [9.17, 15) is 0 Å². The average molecular weight is 236 g/mol. The molecule has 0 spiro atoms. The van der Waals surface area contributed by atoms with Crippen molar-refractivity contribution in [1.29, 1.82) is 0 Å². The van der Waals surface area contributed by atoms with Gasteiger partial charge in [-0.2, -0.15) is 0 Å². The Morgan fingerprint density at radius 1 is 0.889 bits per heavy atom. The van der Waals surface area contributed by atoms with E-state index in [-0.39, 0.29) is 12.2 Å². The van der Waals surface area contributed by atoms with Gasteiger partial charge in [0.15, 0.2) is 0 Å². The minimum atomic E-state index is -0.290. The van der Waals surface area contributed by atoms with Gasteiger partial charge >= 0.3 is 6.17 Å². The molecule has 2 aromatic carbocycles. The van der Waals surface area contributed by atoms with Gasteiger partial charge in [0.2, 0.25) is 0 Å². The second-order valence-electron chi connectivity index (χ2n) is 4.24. The van der Waals surface area contributed by atoms with Crippen LogP contribution in [0.1, 0.15) is 30.3 Å². The van der Waals surface area contributed by atoms with E-state index in [4.69, 9.17) is 6.57 Å². The summed E-state index contributed by atoms with van der Waals surface area (Å²) in [7, 11) is 0. The number of rotatable bonds is 4. The molecule has 2 aromatic rings. The van der Waals surface area contributed by atoms with Crippen LogP contribution < -0.4 is 5.32 Å². The van der Waals surface area contributed by atoms with Gasteiger partial charge in [0.1, 0.15) is 0 Å². The first kappa shape index (κ1) is 12.3. The fourth-order valence-corrected chi connectivity index (χ4v) is 1.92. The van der Waals surface area contributed by atoms with Crippen LogP contribution in [0.15, 0.2) is 60.7 Å². The minimum absolute atomic E-state index is 0.158. The highest BCUT2D eigenvalue weighted by Gasteiger charge is 2.18. The number of hydrogen-bond acceptors (Lipinski definition) is 1. The third kappa shape index (κ3) is 2.97. The fraction of sp³-hybridized carbons (Fsp3) is 0.188. The summed E-state index contributed by atoms with van der Waals surface area (Å²) in [6.45, 7) is 9.40. The Hall–Kier alpha value is -2.11. The molecule has 0 fully saturated rings. The van der Waals surface area contributed by atoms with Crippen LogP contribution in [0.5, 0.6) is 0 Å². The van der Waals surface area contributed by atoms with Crippen LogP contribution in [0.25, 0.3) is 4.85 Å². The third-order valence-electron chi connectivity index (χ3n) is 2.95. The zero-order valence-corrected chi connectivity index (χ0v) is 10.4. The van der Waals surface area contributed by atoms with E-state index < -0.39 is 0 Å². The number of nitrogens with zero attached hydrogens (tertiary/aromatic N) is 1. The molecule has 0 radical (unpaired) electrons. The zero-order chi connectivity index (χ0) is 12.8. The van der Waals surface area contributed by atoms with Crippen LogP contribution in [0.3, 0.4) is 0 Å². The topological polar surface area (TPSA) is 16.4 Å². The van der Waals surface area contributed by atoms with Crippen molar-refractivity contribution in [2.45, 2.75) is 19.1 Å². The molecule has 2 rings (SSSR count). The summed E-state index contributed by atoms with van der Waals surface area (Å²) >= 11 is 0. The summed E-state index contributed by atoms with van der Waals surface area (Å²) < 4.78 is 0. The van der Waals surface area contributed by atoms with Gasteiger partial charge in [-0.1, -0.05) is 48.5 Å². The van der Waals surface area contributed by atoms with Crippen LogP contribution in [-0.4, -0.2) is 0 Å². The fourth-order valence-electron chi connectivity index (χ4n) is 1.92. The van der Waals surface area contributed by atoms with Gasteiger partial charge < -0.3 is 0 Å². The Balaban J connectivity index is 2.11. The summed E-state index contributed by atoms with van der Waals surface area (Å²) in [5, 5.41) is 3.35. The van der Waals surface area contributed by atoms with E-state index in [1.807, 2.05) is 48.5 Å². The van der Waals surface area contributed by atoms with E-state index in [0.717, 1.165) is 5.56 Å². The molecule has 2 unspecified atom stereocenters. The Morgan fingerprint density at radius 3 is 1.89 bits per heavy atom. The maximum absolute atomic E-state index is 7.32. The largest absolute Gasteiger partial charge is 0.303 e. The van der Waals surface area contributed by atoms with Gasteiger partial charge in [-0.3, -0.25) is 4.85 Å². The highest BCUT2D eigenvalue weighted by molar-refractivity contribution is 5.23. The van der Waals surface area contributed by atoms with E-state index >= 15 is 0 Å². The number of hydrogen-bond donors (Lipinski definition) is 1. The molecule has 0 heterocycles. The molecule has 0 amide bonds. The van der Waals surface area contributed by atoms with Gasteiger partial charge in [-0.15, -0.1) is 0 Å². The lowest BCUT2D eigenvalue weighted by Crippen LogP contribution is -2.22. The molecule has 0 aliphatic rings. The zero-order valence-electron chi connectivity index (χ0n) is 10.4. The van der Waals surface area contributed by atoms with Crippen molar-refractivity contribution in [2.24, 2.45) is 0 Å². The van der Waals surface area contributed by atoms with Gasteiger partial charge in [0.05, 0.1) is 5.56 Å². The molecular formula is C16H16N2. The molecule has 0 aliphatic heterocycles. The Labute approximate surface area is 108 Å². The van der Waals surface area contributed by atoms with Gasteiger partial charge in [-0.05, 0) is 24.6 Å². The van der Waals surface area contributed by atoms with E-state index in [0.29, 0.717) is 0 Å². The monoisotopic (exact) mass is 236 g/mol. The predicted molar refractivity (Wildman–Crippen MR) is 73.8 cm³/mol. The van der Waals surface area contributed by atoms with Gasteiger partial charge in [-0.25, -0.2) is 11.9 Å². The third-order valence-corrected chi connectivity index (χ3v) is 2.95. The summed E-state index contributed by atoms with van der Waals surface area (Å²) in [5.74, 6) is 0. The lowest BCUT2D eigenvalue weighted by molar-refractivity contribution is 0.524. The maximum Gasteiger partial charge on any atom is 0.303 e. The van der Waals surface area contributed by atoms with Crippen LogP contribution in [0, 0.1) is 6.57 Å². The first-order valence-corrected chi connectivity index (χ1v) is 6.04. The smallest absolute Gasteiger partial charge is 0.291 e. The van der Waals surface area contributed by atoms with Crippen LogP contribution in [-0.2, 0) is 0 Å². The summed E-state index contributed by atoms with van der Waals surface area (Å²) in [5.41, 5.74) is 2.21. The van der Waals surface area contributed by atoms with Crippen molar-refractivity contribution in [3.63, 3.8) is 0 Å². The van der Waals surface area contributed by atoms with Crippen molar-refractivity contribution < 1.29 is 0 Å². The van der Waals surface area contributed by atoms with Crippen molar-refractivity contribution in [3.05, 3.63) is 83.2 Å². The lowest BCUT2D eigenvalue weighted by atomic mass is 10.1. The van der Waals surface area contributed by atoms with Crippen molar-refractivity contribution in [2.75, 3.05) is 0 Å². The van der Waals surface area contributed by atoms with Crippen molar-refractivity contribution >= 4 is 0 Å². The minimum Gasteiger partial charge on any atom is -0.291 e. The Morgan fingerprint density at radius 2 is 1.39 bits per heavy atom. The van der Waals surface area contributed by atoms with E-state index in [2.05, 4.69) is 29.2 Å².